The van der Waals surface area contributed by atoms with Gasteiger partial charge in [0.15, 0.2) is 11.2 Å². The number of para-hydroxylation sites is 1. The fourth-order valence-corrected chi connectivity index (χ4v) is 2.90. The molecule has 0 radical (unpaired) electrons. The third-order valence-electron chi connectivity index (χ3n) is 3.02. The predicted molar refractivity (Wildman–Crippen MR) is 89.8 cm³/mol. The maximum absolute atomic E-state index is 12.2. The number of thiazole rings is 1. The molecule has 0 unspecified atom stereocenters. The van der Waals surface area contributed by atoms with Crippen molar-refractivity contribution in [1.82, 2.24) is 4.98 Å². The summed E-state index contributed by atoms with van der Waals surface area (Å²) in [7, 11) is 0. The standard InChI is InChI=1S/C16H13ClN2O2S/c1-10(21-12-8-6-11(17)7-9-12)15(20)19-16-18-13-4-2-3-5-14(13)22-16/h2-10H,1H3,(H,18,19,20)/t10-/m0/s1. The molecular formula is C16H13ClN2O2S. The van der Waals surface area contributed by atoms with E-state index in [2.05, 4.69) is 10.3 Å². The summed E-state index contributed by atoms with van der Waals surface area (Å²) in [4.78, 5) is 16.5. The molecule has 0 aliphatic carbocycles. The zero-order chi connectivity index (χ0) is 15.5. The molecular weight excluding hydrogens is 320 g/mol. The molecule has 1 atom stereocenters. The lowest BCUT2D eigenvalue weighted by Gasteiger charge is -2.13. The van der Waals surface area contributed by atoms with Crippen molar-refractivity contribution < 1.29 is 9.53 Å². The Bertz CT molecular complexity index is 768. The Morgan fingerprint density at radius 2 is 1.95 bits per heavy atom. The number of benzene rings is 2. The number of rotatable bonds is 4. The van der Waals surface area contributed by atoms with Gasteiger partial charge in [-0.05, 0) is 43.3 Å². The molecule has 112 valence electrons. The van der Waals surface area contributed by atoms with Gasteiger partial charge in [0.1, 0.15) is 5.75 Å². The van der Waals surface area contributed by atoms with Crippen LogP contribution in [0.5, 0.6) is 5.75 Å². The number of hydrogen-bond acceptors (Lipinski definition) is 4. The summed E-state index contributed by atoms with van der Waals surface area (Å²) in [5, 5.41) is 3.97. The maximum atomic E-state index is 12.2. The Kier molecular flexibility index (Phi) is 4.27. The molecule has 0 spiro atoms. The van der Waals surface area contributed by atoms with Gasteiger partial charge < -0.3 is 4.74 Å². The van der Waals surface area contributed by atoms with Crippen molar-refractivity contribution in [2.24, 2.45) is 0 Å². The number of nitrogens with one attached hydrogen (secondary N) is 1. The summed E-state index contributed by atoms with van der Waals surface area (Å²) >= 11 is 7.25. The Balaban J connectivity index is 1.66. The topological polar surface area (TPSA) is 51.2 Å². The van der Waals surface area contributed by atoms with Gasteiger partial charge in [0.2, 0.25) is 0 Å². The van der Waals surface area contributed by atoms with Crippen LogP contribution < -0.4 is 10.1 Å². The Labute approximate surface area is 136 Å². The lowest BCUT2D eigenvalue weighted by Crippen LogP contribution is -2.30. The lowest BCUT2D eigenvalue weighted by molar-refractivity contribution is -0.122. The van der Waals surface area contributed by atoms with E-state index in [0.717, 1.165) is 10.2 Å². The zero-order valence-corrected chi connectivity index (χ0v) is 13.3. The van der Waals surface area contributed by atoms with Gasteiger partial charge in [-0.15, -0.1) is 0 Å². The first kappa shape index (κ1) is 14.8. The summed E-state index contributed by atoms with van der Waals surface area (Å²) < 4.78 is 6.62. The van der Waals surface area contributed by atoms with Crippen LogP contribution in [0, 0.1) is 0 Å². The molecule has 0 saturated heterocycles. The molecule has 3 aromatic rings. The van der Waals surface area contributed by atoms with Crippen molar-refractivity contribution in [2.45, 2.75) is 13.0 Å². The minimum Gasteiger partial charge on any atom is -0.481 e. The van der Waals surface area contributed by atoms with Crippen molar-refractivity contribution in [1.29, 1.82) is 0 Å². The molecule has 0 saturated carbocycles. The summed E-state index contributed by atoms with van der Waals surface area (Å²) in [6.07, 6.45) is -0.631. The summed E-state index contributed by atoms with van der Waals surface area (Å²) in [6, 6.07) is 14.6. The summed E-state index contributed by atoms with van der Waals surface area (Å²) in [5.41, 5.74) is 0.870. The maximum Gasteiger partial charge on any atom is 0.266 e. The number of halogens is 1. The summed E-state index contributed by atoms with van der Waals surface area (Å²) in [6.45, 7) is 1.69. The van der Waals surface area contributed by atoms with Crippen molar-refractivity contribution in [3.05, 3.63) is 53.6 Å². The third-order valence-corrected chi connectivity index (χ3v) is 4.22. The van der Waals surface area contributed by atoms with Crippen LogP contribution in [0.25, 0.3) is 10.2 Å². The highest BCUT2D eigenvalue weighted by atomic mass is 35.5. The van der Waals surface area contributed by atoms with Gasteiger partial charge in [-0.25, -0.2) is 4.98 Å². The molecule has 1 heterocycles. The van der Waals surface area contributed by atoms with Crippen LogP contribution in [0.1, 0.15) is 6.92 Å². The molecule has 3 rings (SSSR count). The zero-order valence-electron chi connectivity index (χ0n) is 11.7. The van der Waals surface area contributed by atoms with Gasteiger partial charge in [-0.3, -0.25) is 10.1 Å². The van der Waals surface area contributed by atoms with E-state index in [4.69, 9.17) is 16.3 Å². The monoisotopic (exact) mass is 332 g/mol. The van der Waals surface area contributed by atoms with Crippen molar-refractivity contribution in [2.75, 3.05) is 5.32 Å². The van der Waals surface area contributed by atoms with E-state index in [-0.39, 0.29) is 5.91 Å². The molecule has 4 nitrogen and oxygen atoms in total. The first-order valence-corrected chi connectivity index (χ1v) is 7.90. The molecule has 0 bridgehead atoms. The van der Waals surface area contributed by atoms with Crippen LogP contribution in [0.4, 0.5) is 5.13 Å². The summed E-state index contributed by atoms with van der Waals surface area (Å²) in [5.74, 6) is 0.352. The number of ether oxygens (including phenoxy) is 1. The third kappa shape index (κ3) is 3.37. The van der Waals surface area contributed by atoms with Crippen LogP contribution in [0.3, 0.4) is 0 Å². The lowest BCUT2D eigenvalue weighted by atomic mass is 10.3. The molecule has 1 aromatic heterocycles. The van der Waals surface area contributed by atoms with Crippen LogP contribution in [-0.4, -0.2) is 17.0 Å². The smallest absolute Gasteiger partial charge is 0.266 e. The highest BCUT2D eigenvalue weighted by molar-refractivity contribution is 7.22. The number of aromatic nitrogens is 1. The first-order valence-electron chi connectivity index (χ1n) is 6.70. The van der Waals surface area contributed by atoms with Crippen LogP contribution in [0.2, 0.25) is 5.02 Å². The number of hydrogen-bond donors (Lipinski definition) is 1. The van der Waals surface area contributed by atoms with Crippen LogP contribution in [0.15, 0.2) is 48.5 Å². The first-order chi connectivity index (χ1) is 10.6. The van der Waals surface area contributed by atoms with Gasteiger partial charge in [-0.2, -0.15) is 0 Å². The van der Waals surface area contributed by atoms with E-state index in [1.54, 1.807) is 31.2 Å². The van der Waals surface area contributed by atoms with Crippen LogP contribution >= 0.6 is 22.9 Å². The second kappa shape index (κ2) is 6.34. The molecule has 1 amide bonds. The van der Waals surface area contributed by atoms with E-state index in [0.29, 0.717) is 15.9 Å². The van der Waals surface area contributed by atoms with E-state index < -0.39 is 6.10 Å². The van der Waals surface area contributed by atoms with E-state index in [1.165, 1.54) is 11.3 Å². The number of amides is 1. The Hall–Kier alpha value is -2.11. The predicted octanol–water partition coefficient (Wildman–Crippen LogP) is 4.36. The van der Waals surface area contributed by atoms with Crippen molar-refractivity contribution in [3.63, 3.8) is 0 Å². The molecule has 0 fully saturated rings. The molecule has 2 aromatic carbocycles. The highest BCUT2D eigenvalue weighted by Crippen LogP contribution is 2.25. The minimum absolute atomic E-state index is 0.242. The molecule has 0 aliphatic heterocycles. The quantitative estimate of drug-likeness (QED) is 0.772. The van der Waals surface area contributed by atoms with E-state index in [9.17, 15) is 4.79 Å². The second-order valence-corrected chi connectivity index (χ2v) is 6.16. The molecule has 6 heteroatoms. The molecule has 1 N–H and O–H groups in total. The van der Waals surface area contributed by atoms with Gasteiger partial charge in [0.25, 0.3) is 5.91 Å². The average Bonchev–Trinajstić information content (AvgIpc) is 2.91. The van der Waals surface area contributed by atoms with Gasteiger partial charge in [-0.1, -0.05) is 35.1 Å². The van der Waals surface area contributed by atoms with Crippen molar-refractivity contribution in [3.8, 4) is 5.75 Å². The number of carbonyl (C=O) groups excluding carboxylic acids is 1. The fraction of sp³-hybridized carbons (Fsp3) is 0.125. The van der Waals surface area contributed by atoms with E-state index >= 15 is 0 Å². The number of carbonyl (C=O) groups is 1. The number of anilines is 1. The van der Waals surface area contributed by atoms with Crippen LogP contribution in [-0.2, 0) is 4.79 Å². The molecule has 22 heavy (non-hydrogen) atoms. The largest absolute Gasteiger partial charge is 0.481 e. The highest BCUT2D eigenvalue weighted by Gasteiger charge is 2.16. The second-order valence-electron chi connectivity index (χ2n) is 4.69. The minimum atomic E-state index is -0.631. The normalized spacial score (nSPS) is 12.1. The number of nitrogens with zero attached hydrogens (tertiary/aromatic N) is 1. The average molecular weight is 333 g/mol. The SMILES string of the molecule is C[C@H](Oc1ccc(Cl)cc1)C(=O)Nc1nc2ccccc2s1. The molecule has 0 aliphatic rings. The number of fused-ring (bicyclic) bond motifs is 1. The van der Waals surface area contributed by atoms with E-state index in [1.807, 2.05) is 24.3 Å². The fourth-order valence-electron chi connectivity index (χ4n) is 1.90. The van der Waals surface area contributed by atoms with Gasteiger partial charge >= 0.3 is 0 Å². The Morgan fingerprint density at radius 1 is 1.23 bits per heavy atom. The van der Waals surface area contributed by atoms with Crippen molar-refractivity contribution >= 4 is 44.2 Å². The van der Waals surface area contributed by atoms with Gasteiger partial charge in [0, 0.05) is 5.02 Å². The van der Waals surface area contributed by atoms with Gasteiger partial charge in [0.05, 0.1) is 10.2 Å². The Morgan fingerprint density at radius 3 is 2.68 bits per heavy atom.